The number of rotatable bonds is 5. The van der Waals surface area contributed by atoms with Crippen LogP contribution < -0.4 is 9.47 Å². The van der Waals surface area contributed by atoms with Crippen molar-refractivity contribution in [3.8, 4) is 11.6 Å². The second-order valence-corrected chi connectivity index (χ2v) is 6.95. The van der Waals surface area contributed by atoms with Crippen LogP contribution in [0, 0.1) is 0 Å². The van der Waals surface area contributed by atoms with Gasteiger partial charge in [-0.3, -0.25) is 9.36 Å². The first-order chi connectivity index (χ1) is 13.4. The topological polar surface area (TPSA) is 79.7 Å². The summed E-state index contributed by atoms with van der Waals surface area (Å²) in [5.74, 6) is 0.626. The molecule has 8 heteroatoms. The second-order valence-electron chi connectivity index (χ2n) is 6.39. The summed E-state index contributed by atoms with van der Waals surface area (Å²) in [6.07, 6.45) is 0.646. The number of carbonyl (C=O) groups is 2. The van der Waals surface area contributed by atoms with Crippen LogP contribution in [0.4, 0.5) is 4.79 Å². The molecule has 0 aliphatic carbocycles. The van der Waals surface area contributed by atoms with Gasteiger partial charge in [0, 0.05) is 23.2 Å². The smallest absolute Gasteiger partial charge is 0.490 e. The lowest BCUT2D eigenvalue weighted by Crippen LogP contribution is -2.12. The van der Waals surface area contributed by atoms with Crippen LogP contribution in [0.3, 0.4) is 0 Å². The molecule has 0 radical (unpaired) electrons. The lowest BCUT2D eigenvalue weighted by molar-refractivity contribution is 0.0944. The molecule has 2 heterocycles. The van der Waals surface area contributed by atoms with E-state index in [0.717, 1.165) is 10.8 Å². The standard InChI is InChI=1S/C20H21BrN2O5/c1-5-26-20(25)28-19-13(9-21)17-15(10-22-19)23(12(4)24)14-7-6-8-16(18(14)17)27-11(2)3/h6-8,10-11H,5,9H2,1-4H3. The molecule has 0 aliphatic heterocycles. The summed E-state index contributed by atoms with van der Waals surface area (Å²) >= 11 is 3.46. The predicted octanol–water partition coefficient (Wildman–Crippen LogP) is 5.07. The Labute approximate surface area is 170 Å². The van der Waals surface area contributed by atoms with Crippen LogP contribution in [0.25, 0.3) is 21.8 Å². The van der Waals surface area contributed by atoms with E-state index in [1.807, 2.05) is 32.0 Å². The van der Waals surface area contributed by atoms with Crippen molar-refractivity contribution in [1.82, 2.24) is 9.55 Å². The number of nitrogens with zero attached hydrogens (tertiary/aromatic N) is 2. The van der Waals surface area contributed by atoms with Gasteiger partial charge < -0.3 is 14.2 Å². The highest BCUT2D eigenvalue weighted by molar-refractivity contribution is 9.08. The van der Waals surface area contributed by atoms with Gasteiger partial charge in [-0.1, -0.05) is 22.0 Å². The number of carbonyl (C=O) groups excluding carboxylic acids is 2. The zero-order valence-electron chi connectivity index (χ0n) is 16.1. The monoisotopic (exact) mass is 448 g/mol. The van der Waals surface area contributed by atoms with E-state index in [1.54, 1.807) is 11.5 Å². The van der Waals surface area contributed by atoms with Gasteiger partial charge in [-0.25, -0.2) is 9.78 Å². The third kappa shape index (κ3) is 3.56. The van der Waals surface area contributed by atoms with Crippen molar-refractivity contribution in [3.63, 3.8) is 0 Å². The average Bonchev–Trinajstić information content (AvgIpc) is 2.97. The van der Waals surface area contributed by atoms with Gasteiger partial charge in [-0.15, -0.1) is 0 Å². The average molecular weight is 449 g/mol. The summed E-state index contributed by atoms with van der Waals surface area (Å²) in [5, 5.41) is 1.87. The molecular formula is C20H21BrN2O5. The quantitative estimate of drug-likeness (QED) is 0.400. The summed E-state index contributed by atoms with van der Waals surface area (Å²) in [6, 6.07) is 5.56. The maximum absolute atomic E-state index is 12.4. The van der Waals surface area contributed by atoms with Gasteiger partial charge in [0.2, 0.25) is 11.8 Å². The fourth-order valence-corrected chi connectivity index (χ4v) is 3.71. The second kappa shape index (κ2) is 8.18. The van der Waals surface area contributed by atoms with Crippen LogP contribution >= 0.6 is 15.9 Å². The minimum atomic E-state index is -0.828. The molecule has 0 spiro atoms. The van der Waals surface area contributed by atoms with E-state index in [2.05, 4.69) is 20.9 Å². The number of pyridine rings is 1. The molecule has 3 rings (SSSR count). The molecule has 0 bridgehead atoms. The van der Waals surface area contributed by atoms with Crippen molar-refractivity contribution in [1.29, 1.82) is 0 Å². The Morgan fingerprint density at radius 2 is 1.96 bits per heavy atom. The van der Waals surface area contributed by atoms with E-state index < -0.39 is 6.16 Å². The van der Waals surface area contributed by atoms with Crippen LogP contribution in [0.1, 0.15) is 38.1 Å². The first-order valence-corrected chi connectivity index (χ1v) is 10.0. The third-order valence-corrected chi connectivity index (χ3v) is 4.67. The molecule has 0 fully saturated rings. The molecule has 7 nitrogen and oxygen atoms in total. The van der Waals surface area contributed by atoms with Gasteiger partial charge in [0.05, 0.1) is 35.3 Å². The third-order valence-electron chi connectivity index (χ3n) is 4.11. The zero-order chi connectivity index (χ0) is 20.4. The highest BCUT2D eigenvalue weighted by atomic mass is 79.9. The summed E-state index contributed by atoms with van der Waals surface area (Å²) in [5.41, 5.74) is 1.96. The molecule has 3 aromatic rings. The Hall–Kier alpha value is -2.61. The van der Waals surface area contributed by atoms with Crippen LogP contribution in [0.5, 0.6) is 11.6 Å². The van der Waals surface area contributed by atoms with Gasteiger partial charge in [0.15, 0.2) is 0 Å². The van der Waals surface area contributed by atoms with Crippen LogP contribution in [-0.4, -0.2) is 34.3 Å². The zero-order valence-corrected chi connectivity index (χ0v) is 17.7. The molecule has 0 saturated heterocycles. The molecule has 0 N–H and O–H groups in total. The fourth-order valence-electron chi connectivity index (χ4n) is 3.19. The number of ether oxygens (including phenoxy) is 3. The molecule has 0 unspecified atom stereocenters. The van der Waals surface area contributed by atoms with Gasteiger partial charge in [0.1, 0.15) is 5.75 Å². The maximum atomic E-state index is 12.4. The molecule has 0 saturated carbocycles. The van der Waals surface area contributed by atoms with Crippen LogP contribution in [-0.2, 0) is 10.1 Å². The molecule has 28 heavy (non-hydrogen) atoms. The van der Waals surface area contributed by atoms with E-state index in [4.69, 9.17) is 14.2 Å². The summed E-state index contributed by atoms with van der Waals surface area (Å²) in [6.45, 7) is 7.25. The number of aromatic nitrogens is 2. The normalized spacial score (nSPS) is 11.2. The molecule has 0 atom stereocenters. The Morgan fingerprint density at radius 3 is 2.57 bits per heavy atom. The van der Waals surface area contributed by atoms with Crippen LogP contribution in [0.2, 0.25) is 0 Å². The van der Waals surface area contributed by atoms with Gasteiger partial charge >= 0.3 is 6.16 Å². The van der Waals surface area contributed by atoms with Crippen molar-refractivity contribution in [3.05, 3.63) is 30.0 Å². The van der Waals surface area contributed by atoms with Gasteiger partial charge in [-0.05, 0) is 32.9 Å². The number of halogens is 1. The molecule has 148 valence electrons. The number of alkyl halides is 1. The Bertz CT molecular complexity index is 1060. The predicted molar refractivity (Wildman–Crippen MR) is 110 cm³/mol. The van der Waals surface area contributed by atoms with Gasteiger partial charge in [-0.2, -0.15) is 0 Å². The minimum absolute atomic E-state index is 0.0502. The molecular weight excluding hydrogens is 428 g/mol. The van der Waals surface area contributed by atoms with Crippen molar-refractivity contribution < 1.29 is 23.8 Å². The first-order valence-electron chi connectivity index (χ1n) is 8.92. The fraction of sp³-hybridized carbons (Fsp3) is 0.350. The van der Waals surface area contributed by atoms with E-state index in [9.17, 15) is 9.59 Å². The lowest BCUT2D eigenvalue weighted by Gasteiger charge is -2.12. The Morgan fingerprint density at radius 1 is 1.21 bits per heavy atom. The van der Waals surface area contributed by atoms with Crippen molar-refractivity contribution >= 4 is 49.8 Å². The molecule has 0 aliphatic rings. The molecule has 1 aromatic carbocycles. The number of hydrogen-bond acceptors (Lipinski definition) is 6. The minimum Gasteiger partial charge on any atom is -0.490 e. The number of hydrogen-bond donors (Lipinski definition) is 0. The SMILES string of the molecule is CCOC(=O)Oc1ncc2c(c1CBr)c1c(OC(C)C)cccc1n2C(C)=O. The summed E-state index contributed by atoms with van der Waals surface area (Å²) in [7, 11) is 0. The maximum Gasteiger partial charge on any atom is 0.515 e. The van der Waals surface area contributed by atoms with E-state index in [-0.39, 0.29) is 24.5 Å². The lowest BCUT2D eigenvalue weighted by atomic mass is 10.1. The van der Waals surface area contributed by atoms with E-state index in [1.165, 1.54) is 13.1 Å². The Kier molecular flexibility index (Phi) is 5.88. The highest BCUT2D eigenvalue weighted by Crippen LogP contribution is 2.40. The van der Waals surface area contributed by atoms with Gasteiger partial charge in [0.25, 0.3) is 0 Å². The molecule has 2 aromatic heterocycles. The first kappa shape index (κ1) is 20.1. The van der Waals surface area contributed by atoms with Crippen molar-refractivity contribution in [2.45, 2.75) is 39.1 Å². The largest absolute Gasteiger partial charge is 0.515 e. The summed E-state index contributed by atoms with van der Waals surface area (Å²) < 4.78 is 17.7. The van der Waals surface area contributed by atoms with Crippen LogP contribution in [0.15, 0.2) is 24.4 Å². The molecule has 0 amide bonds. The summed E-state index contributed by atoms with van der Waals surface area (Å²) in [4.78, 5) is 28.5. The highest BCUT2D eigenvalue weighted by Gasteiger charge is 2.24. The Balaban J connectivity index is 2.38. The van der Waals surface area contributed by atoms with Crippen molar-refractivity contribution in [2.24, 2.45) is 0 Å². The number of fused-ring (bicyclic) bond motifs is 3. The van der Waals surface area contributed by atoms with E-state index >= 15 is 0 Å². The van der Waals surface area contributed by atoms with Crippen molar-refractivity contribution in [2.75, 3.05) is 6.61 Å². The number of benzene rings is 1. The van der Waals surface area contributed by atoms with E-state index in [0.29, 0.717) is 27.7 Å².